The molecule has 0 unspecified atom stereocenters. The topological polar surface area (TPSA) is 78.5 Å². The maximum Gasteiger partial charge on any atom is 0.243 e. The first-order valence-electron chi connectivity index (χ1n) is 7.98. The van der Waals surface area contributed by atoms with E-state index < -0.39 is 5.41 Å². The van der Waals surface area contributed by atoms with Crippen molar-refractivity contribution in [3.63, 3.8) is 0 Å². The second-order valence-electron chi connectivity index (χ2n) is 6.92. The fourth-order valence-electron chi connectivity index (χ4n) is 1.88. The molecule has 0 aromatic heterocycles. The summed E-state index contributed by atoms with van der Waals surface area (Å²) in [5.74, 6) is -0.549. The second kappa shape index (κ2) is 8.47. The number of hydrogen-bond donors (Lipinski definition) is 2. The van der Waals surface area contributed by atoms with Gasteiger partial charge in [0.15, 0.2) is 0 Å². The Kier molecular flexibility index (Phi) is 6.95. The van der Waals surface area contributed by atoms with Gasteiger partial charge in [-0.05, 0) is 19.1 Å². The molecule has 1 aromatic carbocycles. The summed E-state index contributed by atoms with van der Waals surface area (Å²) in [7, 11) is 1.57. The Bertz CT molecular complexity index is 589. The van der Waals surface area contributed by atoms with Crippen molar-refractivity contribution < 1.29 is 14.4 Å². The Morgan fingerprint density at radius 3 is 2.21 bits per heavy atom. The molecule has 24 heavy (non-hydrogen) atoms. The number of nitrogens with one attached hydrogen (secondary N) is 2. The molecule has 0 saturated carbocycles. The maximum atomic E-state index is 12.0. The quantitative estimate of drug-likeness (QED) is 0.835. The van der Waals surface area contributed by atoms with E-state index in [0.29, 0.717) is 5.69 Å². The van der Waals surface area contributed by atoms with E-state index in [-0.39, 0.29) is 37.2 Å². The number of anilines is 1. The largest absolute Gasteiger partial charge is 0.355 e. The normalized spacial score (nSPS) is 10.9. The van der Waals surface area contributed by atoms with Gasteiger partial charge < -0.3 is 15.5 Å². The molecule has 2 N–H and O–H groups in total. The van der Waals surface area contributed by atoms with Crippen LogP contribution in [0.25, 0.3) is 0 Å². The van der Waals surface area contributed by atoms with Crippen molar-refractivity contribution in [2.45, 2.75) is 34.1 Å². The van der Waals surface area contributed by atoms with Gasteiger partial charge in [-0.3, -0.25) is 14.4 Å². The molecule has 132 valence electrons. The van der Waals surface area contributed by atoms with Gasteiger partial charge in [0.2, 0.25) is 17.7 Å². The number of likely N-dealkylation sites (N-methyl/N-ethyl adjacent to an activating group) is 1. The van der Waals surface area contributed by atoms with Gasteiger partial charge in [-0.1, -0.05) is 38.5 Å². The Balaban J connectivity index is 2.36. The molecule has 0 radical (unpaired) electrons. The Morgan fingerprint density at radius 1 is 1.08 bits per heavy atom. The Hall–Kier alpha value is -2.37. The molecule has 0 spiro atoms. The van der Waals surface area contributed by atoms with Gasteiger partial charge in [0.25, 0.3) is 0 Å². The molecule has 6 heteroatoms. The number of benzene rings is 1. The monoisotopic (exact) mass is 333 g/mol. The number of hydrogen-bond acceptors (Lipinski definition) is 3. The summed E-state index contributed by atoms with van der Waals surface area (Å²) in [4.78, 5) is 37.0. The molecule has 1 aromatic rings. The maximum absolute atomic E-state index is 12.0. The zero-order valence-electron chi connectivity index (χ0n) is 15.1. The molecule has 0 heterocycles. The molecule has 3 amide bonds. The molecule has 0 aliphatic carbocycles. The fourth-order valence-corrected chi connectivity index (χ4v) is 1.88. The minimum atomic E-state index is -0.483. The van der Waals surface area contributed by atoms with Gasteiger partial charge in [-0.15, -0.1) is 0 Å². The summed E-state index contributed by atoms with van der Waals surface area (Å²) < 4.78 is 0. The van der Waals surface area contributed by atoms with Crippen molar-refractivity contribution in [3.05, 3.63) is 29.8 Å². The van der Waals surface area contributed by atoms with Crippen LogP contribution in [0.3, 0.4) is 0 Å². The Labute approximate surface area is 143 Å². The lowest BCUT2D eigenvalue weighted by molar-refractivity contribution is -0.133. The van der Waals surface area contributed by atoms with E-state index in [1.807, 2.05) is 52.0 Å². The van der Waals surface area contributed by atoms with Crippen molar-refractivity contribution in [2.75, 3.05) is 25.5 Å². The molecule has 0 aliphatic heterocycles. The summed E-state index contributed by atoms with van der Waals surface area (Å²) in [6, 6.07) is 7.44. The van der Waals surface area contributed by atoms with Gasteiger partial charge >= 0.3 is 0 Å². The predicted octanol–water partition coefficient (Wildman–Crippen LogP) is 1.94. The Morgan fingerprint density at radius 2 is 1.67 bits per heavy atom. The number of amides is 3. The van der Waals surface area contributed by atoms with E-state index >= 15 is 0 Å². The third-order valence-electron chi connectivity index (χ3n) is 3.45. The average molecular weight is 333 g/mol. The van der Waals surface area contributed by atoms with Crippen LogP contribution in [0.2, 0.25) is 0 Å². The van der Waals surface area contributed by atoms with Crippen molar-refractivity contribution >= 4 is 23.4 Å². The van der Waals surface area contributed by atoms with Crippen LogP contribution in [-0.4, -0.2) is 42.8 Å². The van der Waals surface area contributed by atoms with E-state index in [1.165, 1.54) is 4.90 Å². The molecule has 0 bridgehead atoms. The summed E-state index contributed by atoms with van der Waals surface area (Å²) in [5, 5.41) is 5.47. The van der Waals surface area contributed by atoms with Crippen molar-refractivity contribution in [2.24, 2.45) is 5.41 Å². The van der Waals surface area contributed by atoms with Gasteiger partial charge in [-0.25, -0.2) is 0 Å². The SMILES string of the molecule is Cc1ccc(NC(=O)CN(C)C(=O)CCNC(=O)C(C)(C)C)cc1. The number of carbonyl (C=O) groups is 3. The highest BCUT2D eigenvalue weighted by atomic mass is 16.2. The first-order chi connectivity index (χ1) is 11.1. The summed E-state index contributed by atoms with van der Waals surface area (Å²) in [5.41, 5.74) is 1.32. The smallest absolute Gasteiger partial charge is 0.243 e. The van der Waals surface area contributed by atoms with E-state index in [0.717, 1.165) is 5.56 Å². The van der Waals surface area contributed by atoms with Crippen LogP contribution >= 0.6 is 0 Å². The summed E-state index contributed by atoms with van der Waals surface area (Å²) >= 11 is 0. The third kappa shape index (κ3) is 6.81. The summed E-state index contributed by atoms with van der Waals surface area (Å²) in [6.45, 7) is 7.64. The highest BCUT2D eigenvalue weighted by molar-refractivity contribution is 5.94. The van der Waals surface area contributed by atoms with Crippen molar-refractivity contribution in [1.82, 2.24) is 10.2 Å². The molecular weight excluding hydrogens is 306 g/mol. The average Bonchev–Trinajstić information content (AvgIpc) is 2.48. The van der Waals surface area contributed by atoms with E-state index in [1.54, 1.807) is 7.05 Å². The molecule has 0 fully saturated rings. The van der Waals surface area contributed by atoms with Crippen LogP contribution in [0, 0.1) is 12.3 Å². The number of nitrogens with zero attached hydrogens (tertiary/aromatic N) is 1. The first-order valence-corrected chi connectivity index (χ1v) is 7.98. The van der Waals surface area contributed by atoms with Crippen molar-refractivity contribution in [1.29, 1.82) is 0 Å². The first kappa shape index (κ1) is 19.7. The number of rotatable bonds is 6. The van der Waals surface area contributed by atoms with Crippen molar-refractivity contribution in [3.8, 4) is 0 Å². The van der Waals surface area contributed by atoms with E-state index in [9.17, 15) is 14.4 Å². The van der Waals surface area contributed by atoms with Gasteiger partial charge in [0.05, 0.1) is 6.54 Å². The van der Waals surface area contributed by atoms with Crippen LogP contribution in [0.15, 0.2) is 24.3 Å². The molecule has 0 aliphatic rings. The van der Waals surface area contributed by atoms with E-state index in [2.05, 4.69) is 10.6 Å². The van der Waals surface area contributed by atoms with Crippen LogP contribution < -0.4 is 10.6 Å². The zero-order valence-corrected chi connectivity index (χ0v) is 15.1. The number of carbonyl (C=O) groups excluding carboxylic acids is 3. The summed E-state index contributed by atoms with van der Waals surface area (Å²) in [6.07, 6.45) is 0.163. The van der Waals surface area contributed by atoms with Gasteiger partial charge in [0.1, 0.15) is 0 Å². The molecular formula is C18H27N3O3. The highest BCUT2D eigenvalue weighted by Gasteiger charge is 2.21. The van der Waals surface area contributed by atoms with Crippen LogP contribution in [-0.2, 0) is 14.4 Å². The molecule has 0 saturated heterocycles. The predicted molar refractivity (Wildman–Crippen MR) is 94.5 cm³/mol. The molecule has 1 rings (SSSR count). The lowest BCUT2D eigenvalue weighted by atomic mass is 9.96. The third-order valence-corrected chi connectivity index (χ3v) is 3.45. The highest BCUT2D eigenvalue weighted by Crippen LogP contribution is 2.12. The second-order valence-corrected chi connectivity index (χ2v) is 6.92. The lowest BCUT2D eigenvalue weighted by Crippen LogP contribution is -2.39. The van der Waals surface area contributed by atoms with Gasteiger partial charge in [-0.2, -0.15) is 0 Å². The zero-order chi connectivity index (χ0) is 18.3. The van der Waals surface area contributed by atoms with Gasteiger partial charge in [0, 0.05) is 31.1 Å². The molecule has 0 atom stereocenters. The minimum absolute atomic E-state index is 0.0279. The van der Waals surface area contributed by atoms with Crippen LogP contribution in [0.4, 0.5) is 5.69 Å². The minimum Gasteiger partial charge on any atom is -0.355 e. The fraction of sp³-hybridized carbons (Fsp3) is 0.500. The lowest BCUT2D eigenvalue weighted by Gasteiger charge is -2.19. The van der Waals surface area contributed by atoms with Crippen LogP contribution in [0.5, 0.6) is 0 Å². The standard InChI is InChI=1S/C18H27N3O3/c1-13-6-8-14(9-7-13)20-15(22)12-21(5)16(23)10-11-19-17(24)18(2,3)4/h6-9H,10-12H2,1-5H3,(H,19,24)(H,20,22). The van der Waals surface area contributed by atoms with Crippen LogP contribution in [0.1, 0.15) is 32.8 Å². The van der Waals surface area contributed by atoms with E-state index in [4.69, 9.17) is 0 Å². The molecule has 6 nitrogen and oxygen atoms in total. The number of aryl methyl sites for hydroxylation is 1.